The van der Waals surface area contributed by atoms with Crippen LogP contribution in [0.5, 0.6) is 0 Å². The third-order valence-electron chi connectivity index (χ3n) is 6.36. The predicted octanol–water partition coefficient (Wildman–Crippen LogP) is 2.27. The number of ether oxygens (including phenoxy) is 2. The Kier molecular flexibility index (Phi) is 7.27. The number of hydrogen-bond acceptors (Lipinski definition) is 8. The fourth-order valence-electron chi connectivity index (χ4n) is 4.83. The largest absolute Gasteiger partial charge is 0.459 e. The van der Waals surface area contributed by atoms with Crippen LogP contribution in [0.4, 0.5) is 0 Å². The minimum Gasteiger partial charge on any atom is -0.459 e. The number of morpholine rings is 1. The maximum Gasteiger partial charge on any atom is 0.394 e. The molecule has 2 bridgehead atoms. The van der Waals surface area contributed by atoms with Gasteiger partial charge in [0.05, 0.1) is 23.8 Å². The molecule has 0 saturated carbocycles. The SMILES string of the molecule is Br.C[N+]1(C)[C@@H]2CC(OC(=O)C(O)(c3cccs3)c3cccs3)C[C@H]1[C@H]1O[C@H]12.O=S(=O)(O)O. The van der Waals surface area contributed by atoms with Crippen LogP contribution in [0, 0.1) is 0 Å². The second-order valence-corrected chi connectivity index (χ2v) is 11.2. The predicted molar refractivity (Wildman–Crippen MR) is 124 cm³/mol. The van der Waals surface area contributed by atoms with Crippen molar-refractivity contribution in [3.8, 4) is 0 Å². The number of carbonyl (C=O) groups excluding carboxylic acids is 1. The molecule has 0 amide bonds. The van der Waals surface area contributed by atoms with Crippen LogP contribution in [-0.4, -0.2) is 77.6 Å². The number of epoxide rings is 1. The summed E-state index contributed by atoms with van der Waals surface area (Å²) in [7, 11) is -0.174. The van der Waals surface area contributed by atoms with Gasteiger partial charge in [0.2, 0.25) is 5.60 Å². The van der Waals surface area contributed by atoms with Crippen molar-refractivity contribution in [2.75, 3.05) is 14.1 Å². The zero-order chi connectivity index (χ0) is 22.6. The molecule has 0 spiro atoms. The summed E-state index contributed by atoms with van der Waals surface area (Å²) in [6.45, 7) is 0. The molecular formula is C19H25BrNO8S3+. The number of aliphatic hydroxyl groups is 1. The maximum atomic E-state index is 13.1. The molecule has 2 aromatic heterocycles. The molecule has 3 N–H and O–H groups in total. The number of hydrogen-bond donors (Lipinski definition) is 3. The molecule has 0 radical (unpaired) electrons. The molecule has 5 heterocycles. The molecule has 3 fully saturated rings. The first-order valence-corrected chi connectivity index (χ1v) is 12.8. The average molecular weight is 572 g/mol. The molecule has 2 aromatic rings. The van der Waals surface area contributed by atoms with Gasteiger partial charge < -0.3 is 19.1 Å². The molecule has 13 heteroatoms. The standard InChI is InChI=1S/C19H22NO4S2.BrH.H2O4S/c1-20(2)12-9-11(10-13(20)17-16(12)24-17)23-18(21)19(22,14-5-3-7-25-14)15-6-4-8-26-15;;1-5(2,3)4/h3-8,11-13,16-17,22H,9-10H2,1-2H3;1H;(H2,1,2,3,4)/q+1;;/t11?,12-,13+,16+,17-;;. The average Bonchev–Trinajstić information content (AvgIpc) is 3.01. The molecule has 32 heavy (non-hydrogen) atoms. The van der Waals surface area contributed by atoms with E-state index in [1.807, 2.05) is 22.9 Å². The van der Waals surface area contributed by atoms with Gasteiger partial charge in [-0.25, -0.2) is 4.79 Å². The van der Waals surface area contributed by atoms with E-state index in [0.717, 1.165) is 17.3 Å². The number of thiophene rings is 2. The second kappa shape index (κ2) is 9.04. The number of carbonyl (C=O) groups is 1. The Balaban J connectivity index is 0.000000438. The highest BCUT2D eigenvalue weighted by Gasteiger charge is 2.71. The number of likely N-dealkylation sites (N-methyl/N-ethyl adjacent to an activating group) is 1. The highest BCUT2D eigenvalue weighted by Crippen LogP contribution is 2.52. The number of quaternary nitrogens is 1. The fraction of sp³-hybridized carbons (Fsp3) is 0.526. The van der Waals surface area contributed by atoms with E-state index in [0.29, 0.717) is 34.0 Å². The van der Waals surface area contributed by atoms with Crippen LogP contribution in [-0.2, 0) is 30.3 Å². The number of nitrogens with zero attached hydrogens (tertiary/aromatic N) is 1. The summed E-state index contributed by atoms with van der Waals surface area (Å²) in [4.78, 5) is 14.3. The highest BCUT2D eigenvalue weighted by molar-refractivity contribution is 8.93. The summed E-state index contributed by atoms with van der Waals surface area (Å²) in [5.41, 5.74) is -1.72. The van der Waals surface area contributed by atoms with Crippen molar-refractivity contribution in [2.45, 2.75) is 48.8 Å². The zero-order valence-corrected chi connectivity index (χ0v) is 21.4. The normalized spacial score (nSPS) is 29.7. The van der Waals surface area contributed by atoms with Gasteiger partial charge >= 0.3 is 16.4 Å². The van der Waals surface area contributed by atoms with Gasteiger partial charge in [-0.3, -0.25) is 9.11 Å². The van der Waals surface area contributed by atoms with E-state index in [-0.39, 0.29) is 23.1 Å². The van der Waals surface area contributed by atoms with E-state index in [4.69, 9.17) is 27.0 Å². The fourth-order valence-corrected chi connectivity index (χ4v) is 6.54. The van der Waals surface area contributed by atoms with Gasteiger partial charge in [-0.1, -0.05) is 12.1 Å². The third-order valence-corrected chi connectivity index (χ3v) is 8.32. The Morgan fingerprint density at radius 2 is 1.53 bits per heavy atom. The molecule has 0 aromatic carbocycles. The Morgan fingerprint density at radius 1 is 1.09 bits per heavy atom. The first-order chi connectivity index (χ1) is 14.4. The van der Waals surface area contributed by atoms with Crippen molar-refractivity contribution in [3.05, 3.63) is 44.8 Å². The summed E-state index contributed by atoms with van der Waals surface area (Å²) < 4.78 is 44.2. The monoisotopic (exact) mass is 570 g/mol. The van der Waals surface area contributed by atoms with E-state index in [9.17, 15) is 9.90 Å². The summed E-state index contributed by atoms with van der Waals surface area (Å²) in [6, 6.07) is 8.01. The lowest BCUT2D eigenvalue weighted by molar-refractivity contribution is -0.938. The number of esters is 1. The summed E-state index contributed by atoms with van der Waals surface area (Å²) in [5.74, 6) is -0.561. The number of halogens is 1. The Labute approximate surface area is 204 Å². The lowest BCUT2D eigenvalue weighted by atomic mass is 9.95. The minimum absolute atomic E-state index is 0. The summed E-state index contributed by atoms with van der Waals surface area (Å²) in [5, 5.41) is 15.1. The van der Waals surface area contributed by atoms with Gasteiger partial charge in [0.1, 0.15) is 30.4 Å². The van der Waals surface area contributed by atoms with E-state index in [1.54, 1.807) is 12.1 Å². The van der Waals surface area contributed by atoms with Crippen LogP contribution in [0.1, 0.15) is 22.6 Å². The van der Waals surface area contributed by atoms with Crippen LogP contribution in [0.3, 0.4) is 0 Å². The van der Waals surface area contributed by atoms with E-state index < -0.39 is 22.0 Å². The summed E-state index contributed by atoms with van der Waals surface area (Å²) in [6.07, 6.45) is 2.05. The van der Waals surface area contributed by atoms with Gasteiger partial charge in [-0.2, -0.15) is 8.42 Å². The van der Waals surface area contributed by atoms with E-state index in [2.05, 4.69) is 14.1 Å². The van der Waals surface area contributed by atoms with Crippen molar-refractivity contribution in [2.24, 2.45) is 0 Å². The van der Waals surface area contributed by atoms with Crippen molar-refractivity contribution >= 4 is 56.0 Å². The minimum atomic E-state index is -4.67. The van der Waals surface area contributed by atoms with E-state index in [1.165, 1.54) is 22.7 Å². The van der Waals surface area contributed by atoms with E-state index >= 15 is 0 Å². The van der Waals surface area contributed by atoms with Crippen molar-refractivity contribution in [3.63, 3.8) is 0 Å². The zero-order valence-electron chi connectivity index (χ0n) is 17.2. The van der Waals surface area contributed by atoms with Crippen molar-refractivity contribution in [1.29, 1.82) is 0 Å². The molecule has 3 saturated heterocycles. The lowest BCUT2D eigenvalue weighted by Crippen LogP contribution is -2.60. The molecule has 178 valence electrons. The topological polar surface area (TPSA) is 134 Å². The Bertz CT molecular complexity index is 979. The molecule has 9 nitrogen and oxygen atoms in total. The molecule has 3 aliphatic heterocycles. The smallest absolute Gasteiger partial charge is 0.394 e. The van der Waals surface area contributed by atoms with Crippen LogP contribution in [0.25, 0.3) is 0 Å². The molecule has 1 unspecified atom stereocenters. The van der Waals surface area contributed by atoms with Crippen LogP contribution in [0.15, 0.2) is 35.0 Å². The van der Waals surface area contributed by atoms with Crippen LogP contribution in [0.2, 0.25) is 0 Å². The lowest BCUT2D eigenvalue weighted by Gasteiger charge is -2.45. The van der Waals surface area contributed by atoms with Gasteiger partial charge in [-0.05, 0) is 22.9 Å². The Morgan fingerprint density at radius 3 is 1.91 bits per heavy atom. The van der Waals surface area contributed by atoms with Crippen molar-refractivity contribution < 1.29 is 41.4 Å². The maximum absolute atomic E-state index is 13.1. The molecule has 3 aliphatic rings. The van der Waals surface area contributed by atoms with Crippen LogP contribution < -0.4 is 0 Å². The number of piperidine rings is 1. The number of fused-ring (bicyclic) bond motifs is 5. The molecular weight excluding hydrogens is 546 g/mol. The first kappa shape index (κ1) is 25.7. The van der Waals surface area contributed by atoms with Gasteiger partial charge in [0.15, 0.2) is 0 Å². The molecule has 0 aliphatic carbocycles. The van der Waals surface area contributed by atoms with Crippen LogP contribution >= 0.6 is 39.7 Å². The van der Waals surface area contributed by atoms with Gasteiger partial charge in [0, 0.05) is 12.8 Å². The molecule has 5 rings (SSSR count). The van der Waals surface area contributed by atoms with Crippen molar-refractivity contribution in [1.82, 2.24) is 0 Å². The summed E-state index contributed by atoms with van der Waals surface area (Å²) >= 11 is 2.74. The highest BCUT2D eigenvalue weighted by atomic mass is 79.9. The van der Waals surface area contributed by atoms with Gasteiger partial charge in [0.25, 0.3) is 0 Å². The Hall–Kier alpha value is -0.900. The first-order valence-electron chi connectivity index (χ1n) is 9.62. The number of rotatable bonds is 4. The second-order valence-electron chi connectivity index (χ2n) is 8.44. The van der Waals surface area contributed by atoms with Gasteiger partial charge in [-0.15, -0.1) is 39.7 Å². The quantitative estimate of drug-likeness (QED) is 0.220. The molecule has 5 atom stereocenters. The third kappa shape index (κ3) is 4.81.